The number of hydrogen-bond acceptors (Lipinski definition) is 5. The van der Waals surface area contributed by atoms with Gasteiger partial charge in [-0.2, -0.15) is 11.8 Å². The quantitative estimate of drug-likeness (QED) is 0.583. The first-order valence-corrected chi connectivity index (χ1v) is 6.68. The highest BCUT2D eigenvalue weighted by Crippen LogP contribution is 2.14. The molecule has 0 amide bonds. The number of rotatable bonds is 6. The Bertz CT molecular complexity index is 319. The van der Waals surface area contributed by atoms with Gasteiger partial charge in [-0.3, -0.25) is 4.90 Å². The molecule has 0 aliphatic rings. The SMILES string of the molecule is CSCC(C)N(C)Cc1cccnc1NN. The summed E-state index contributed by atoms with van der Waals surface area (Å²) in [5, 5.41) is 0. The molecule has 3 N–H and O–H groups in total. The lowest BCUT2D eigenvalue weighted by atomic mass is 10.2. The molecule has 1 rings (SSSR count). The smallest absolute Gasteiger partial charge is 0.144 e. The van der Waals surface area contributed by atoms with Crippen molar-refractivity contribution < 1.29 is 0 Å². The van der Waals surface area contributed by atoms with Gasteiger partial charge in [0.2, 0.25) is 0 Å². The van der Waals surface area contributed by atoms with E-state index in [9.17, 15) is 0 Å². The standard InChI is InChI=1S/C11H20N4S/c1-9(8-16-3)15(2)7-10-5-4-6-13-11(10)14-12/h4-6,9H,7-8,12H2,1-3H3,(H,13,14). The van der Waals surface area contributed by atoms with E-state index < -0.39 is 0 Å². The normalized spacial score (nSPS) is 12.8. The zero-order valence-corrected chi connectivity index (χ0v) is 10.9. The maximum Gasteiger partial charge on any atom is 0.144 e. The van der Waals surface area contributed by atoms with E-state index in [1.165, 1.54) is 0 Å². The van der Waals surface area contributed by atoms with E-state index in [4.69, 9.17) is 5.84 Å². The molecule has 4 nitrogen and oxygen atoms in total. The number of thioether (sulfide) groups is 1. The zero-order valence-electron chi connectivity index (χ0n) is 10.1. The summed E-state index contributed by atoms with van der Waals surface area (Å²) in [5.41, 5.74) is 3.75. The van der Waals surface area contributed by atoms with Crippen LogP contribution in [0.2, 0.25) is 0 Å². The lowest BCUT2D eigenvalue weighted by Gasteiger charge is -2.24. The summed E-state index contributed by atoms with van der Waals surface area (Å²) in [5.74, 6) is 7.31. The second-order valence-electron chi connectivity index (χ2n) is 3.87. The first-order valence-electron chi connectivity index (χ1n) is 5.28. The molecule has 1 aromatic rings. The second kappa shape index (κ2) is 6.73. The molecule has 0 aliphatic heterocycles. The first-order chi connectivity index (χ1) is 7.69. The van der Waals surface area contributed by atoms with Gasteiger partial charge in [0.05, 0.1) is 0 Å². The Morgan fingerprint density at radius 2 is 2.38 bits per heavy atom. The predicted molar refractivity (Wildman–Crippen MR) is 71.4 cm³/mol. The molecule has 0 radical (unpaired) electrons. The summed E-state index contributed by atoms with van der Waals surface area (Å²) in [7, 11) is 2.12. The highest BCUT2D eigenvalue weighted by atomic mass is 32.2. The predicted octanol–water partition coefficient (Wildman–Crippen LogP) is 1.55. The molecular weight excluding hydrogens is 220 g/mol. The molecule has 0 saturated heterocycles. The maximum atomic E-state index is 5.43. The fourth-order valence-corrected chi connectivity index (χ4v) is 2.23. The molecular formula is C11H20N4S. The number of nitrogen functional groups attached to an aromatic ring is 1. The highest BCUT2D eigenvalue weighted by Gasteiger charge is 2.11. The van der Waals surface area contributed by atoms with E-state index >= 15 is 0 Å². The van der Waals surface area contributed by atoms with Gasteiger partial charge in [-0.1, -0.05) is 6.07 Å². The van der Waals surface area contributed by atoms with Gasteiger partial charge in [-0.25, -0.2) is 10.8 Å². The number of aromatic nitrogens is 1. The number of anilines is 1. The van der Waals surface area contributed by atoms with Gasteiger partial charge >= 0.3 is 0 Å². The molecule has 1 heterocycles. The number of nitrogens with two attached hydrogens (primary N) is 1. The lowest BCUT2D eigenvalue weighted by Crippen LogP contribution is -2.31. The molecule has 0 saturated carbocycles. The minimum atomic E-state index is 0.542. The van der Waals surface area contributed by atoms with Gasteiger partial charge in [0.1, 0.15) is 5.82 Å². The van der Waals surface area contributed by atoms with Gasteiger partial charge in [-0.15, -0.1) is 0 Å². The van der Waals surface area contributed by atoms with Crippen molar-refractivity contribution in [2.45, 2.75) is 19.5 Å². The Kier molecular flexibility index (Phi) is 5.59. The number of hydrogen-bond donors (Lipinski definition) is 2. The van der Waals surface area contributed by atoms with Crippen LogP contribution in [0.3, 0.4) is 0 Å². The molecule has 0 aromatic carbocycles. The van der Waals surface area contributed by atoms with Crippen LogP contribution in [0, 0.1) is 0 Å². The van der Waals surface area contributed by atoms with E-state index in [-0.39, 0.29) is 0 Å². The molecule has 1 atom stereocenters. The molecule has 1 unspecified atom stereocenters. The highest BCUT2D eigenvalue weighted by molar-refractivity contribution is 7.98. The van der Waals surface area contributed by atoms with Crippen molar-refractivity contribution in [2.75, 3.05) is 24.5 Å². The molecule has 0 aliphatic carbocycles. The van der Waals surface area contributed by atoms with Crippen molar-refractivity contribution in [1.82, 2.24) is 9.88 Å². The topological polar surface area (TPSA) is 54.2 Å². The molecule has 0 spiro atoms. The lowest BCUT2D eigenvalue weighted by molar-refractivity contribution is 0.270. The van der Waals surface area contributed by atoms with Crippen LogP contribution in [0.4, 0.5) is 5.82 Å². The van der Waals surface area contributed by atoms with Crippen molar-refractivity contribution in [3.8, 4) is 0 Å². The summed E-state index contributed by atoms with van der Waals surface area (Å²) < 4.78 is 0. The average molecular weight is 240 g/mol. The summed E-state index contributed by atoms with van der Waals surface area (Å²) in [6, 6.07) is 4.52. The third kappa shape index (κ3) is 3.66. The Balaban J connectivity index is 2.64. The van der Waals surface area contributed by atoms with Crippen molar-refractivity contribution in [1.29, 1.82) is 0 Å². The molecule has 16 heavy (non-hydrogen) atoms. The third-order valence-corrected chi connectivity index (χ3v) is 3.42. The Labute approximate surface area is 102 Å². The second-order valence-corrected chi connectivity index (χ2v) is 4.79. The number of pyridine rings is 1. The van der Waals surface area contributed by atoms with Gasteiger partial charge in [0.15, 0.2) is 0 Å². The van der Waals surface area contributed by atoms with Crippen LogP contribution >= 0.6 is 11.8 Å². The fourth-order valence-electron chi connectivity index (χ4n) is 1.49. The van der Waals surface area contributed by atoms with E-state index in [0.717, 1.165) is 23.7 Å². The Morgan fingerprint density at radius 3 is 3.00 bits per heavy atom. The summed E-state index contributed by atoms with van der Waals surface area (Å²) in [6.07, 6.45) is 3.87. The van der Waals surface area contributed by atoms with Crippen LogP contribution in [-0.4, -0.2) is 35.0 Å². The summed E-state index contributed by atoms with van der Waals surface area (Å²) >= 11 is 1.86. The molecule has 90 valence electrons. The first kappa shape index (κ1) is 13.3. The van der Waals surface area contributed by atoms with Crippen molar-refractivity contribution >= 4 is 17.6 Å². The fraction of sp³-hybridized carbons (Fsp3) is 0.545. The largest absolute Gasteiger partial charge is 0.308 e. The average Bonchev–Trinajstić information content (AvgIpc) is 2.30. The van der Waals surface area contributed by atoms with Crippen LogP contribution < -0.4 is 11.3 Å². The molecule has 5 heteroatoms. The van der Waals surface area contributed by atoms with Crippen molar-refractivity contribution in [3.05, 3.63) is 23.9 Å². The van der Waals surface area contributed by atoms with Gasteiger partial charge in [-0.05, 0) is 26.3 Å². The Morgan fingerprint density at radius 1 is 1.62 bits per heavy atom. The molecule has 0 bridgehead atoms. The van der Waals surface area contributed by atoms with Crippen molar-refractivity contribution in [2.24, 2.45) is 5.84 Å². The summed E-state index contributed by atoms with van der Waals surface area (Å²) in [4.78, 5) is 6.49. The minimum absolute atomic E-state index is 0.542. The van der Waals surface area contributed by atoms with E-state index in [1.807, 2.05) is 23.9 Å². The van der Waals surface area contributed by atoms with Crippen LogP contribution in [-0.2, 0) is 6.54 Å². The number of nitrogens with zero attached hydrogens (tertiary/aromatic N) is 2. The van der Waals surface area contributed by atoms with Gasteiger partial charge < -0.3 is 5.43 Å². The van der Waals surface area contributed by atoms with Crippen molar-refractivity contribution in [3.63, 3.8) is 0 Å². The van der Waals surface area contributed by atoms with E-state index in [0.29, 0.717) is 6.04 Å². The van der Waals surface area contributed by atoms with Crippen LogP contribution in [0.5, 0.6) is 0 Å². The number of nitrogens with one attached hydrogen (secondary N) is 1. The van der Waals surface area contributed by atoms with Gasteiger partial charge in [0.25, 0.3) is 0 Å². The molecule has 0 fully saturated rings. The minimum Gasteiger partial charge on any atom is -0.308 e. The van der Waals surface area contributed by atoms with Crippen LogP contribution in [0.25, 0.3) is 0 Å². The maximum absolute atomic E-state index is 5.43. The van der Waals surface area contributed by atoms with E-state index in [1.54, 1.807) is 6.20 Å². The zero-order chi connectivity index (χ0) is 12.0. The van der Waals surface area contributed by atoms with E-state index in [2.05, 4.69) is 35.5 Å². The Hall–Kier alpha value is -0.780. The molecule has 1 aromatic heterocycles. The summed E-state index contributed by atoms with van der Waals surface area (Å²) in [6.45, 7) is 3.08. The third-order valence-electron chi connectivity index (χ3n) is 2.61. The monoisotopic (exact) mass is 240 g/mol. The van der Waals surface area contributed by atoms with Crippen LogP contribution in [0.1, 0.15) is 12.5 Å². The van der Waals surface area contributed by atoms with Gasteiger partial charge in [0, 0.05) is 30.1 Å². The van der Waals surface area contributed by atoms with Crippen LogP contribution in [0.15, 0.2) is 18.3 Å². The number of hydrazine groups is 1.